The molecule has 64 valence electrons. The Bertz CT molecular complexity index is 246. The first-order valence-corrected chi connectivity index (χ1v) is 3.03. The molecule has 5 heteroatoms. The van der Waals surface area contributed by atoms with Gasteiger partial charge in [0.2, 0.25) is 5.71 Å². The summed E-state index contributed by atoms with van der Waals surface area (Å²) >= 11 is 0. The molecule has 12 heavy (non-hydrogen) atoms. The Kier molecular flexibility index (Phi) is 4.16. The Morgan fingerprint density at radius 1 is 1.67 bits per heavy atom. The maximum atomic E-state index is 10.6. The van der Waals surface area contributed by atoms with Gasteiger partial charge >= 0.3 is 0 Å². The number of hydrogen-bond donors (Lipinski definition) is 1. The van der Waals surface area contributed by atoms with Crippen LogP contribution in [-0.4, -0.2) is 24.0 Å². The Labute approximate surface area is 69.6 Å². The van der Waals surface area contributed by atoms with Crippen LogP contribution >= 0.6 is 0 Å². The molecule has 0 saturated carbocycles. The summed E-state index contributed by atoms with van der Waals surface area (Å²) in [5, 5.41) is 3.16. The van der Waals surface area contributed by atoms with Gasteiger partial charge in [-0.3, -0.25) is 9.59 Å². The maximum absolute atomic E-state index is 10.6. The first-order valence-electron chi connectivity index (χ1n) is 3.03. The molecule has 0 bridgehead atoms. The topological polar surface area (TPSA) is 81.8 Å². The Hall–Kier alpha value is -1.83. The summed E-state index contributed by atoms with van der Waals surface area (Å²) in [6.07, 6.45) is 4.82. The third kappa shape index (κ3) is 3.37. The molecule has 0 aliphatic rings. The highest BCUT2D eigenvalue weighted by Crippen LogP contribution is 1.83. The fourth-order valence-electron chi connectivity index (χ4n) is 0.417. The van der Waals surface area contributed by atoms with Crippen LogP contribution < -0.4 is 5.73 Å². The summed E-state index contributed by atoms with van der Waals surface area (Å²) in [5.41, 5.74) is 4.36. The number of oxime groups is 1. The molecule has 2 N–H and O–H groups in total. The van der Waals surface area contributed by atoms with E-state index in [0.29, 0.717) is 0 Å². The number of carbonyl (C=O) groups is 2. The summed E-state index contributed by atoms with van der Waals surface area (Å²) in [5.74, 6) is 0.621. The van der Waals surface area contributed by atoms with Gasteiger partial charge in [-0.05, 0) is 0 Å². The number of rotatable bonds is 4. The Morgan fingerprint density at radius 2 is 2.25 bits per heavy atom. The van der Waals surface area contributed by atoms with Crippen molar-refractivity contribution in [2.45, 2.75) is 6.92 Å². The number of hydrogen-bond acceptors (Lipinski definition) is 4. The van der Waals surface area contributed by atoms with Gasteiger partial charge in [0.1, 0.15) is 0 Å². The van der Waals surface area contributed by atoms with Crippen LogP contribution in [0.15, 0.2) is 5.16 Å². The average molecular weight is 168 g/mol. The molecule has 0 fully saturated rings. The number of primary amides is 1. The van der Waals surface area contributed by atoms with Gasteiger partial charge in [0.15, 0.2) is 12.4 Å². The molecular weight excluding hydrogens is 160 g/mol. The van der Waals surface area contributed by atoms with E-state index in [2.05, 4.69) is 15.9 Å². The number of Topliss-reactive ketones (excluding diaryl/α,β-unsaturated/α-hetero) is 1. The molecule has 5 nitrogen and oxygen atoms in total. The molecule has 0 aromatic carbocycles. The van der Waals surface area contributed by atoms with Crippen LogP contribution in [0.3, 0.4) is 0 Å². The van der Waals surface area contributed by atoms with Gasteiger partial charge in [0.25, 0.3) is 5.91 Å². The molecule has 0 heterocycles. The second kappa shape index (κ2) is 4.91. The van der Waals surface area contributed by atoms with Crippen molar-refractivity contribution in [2.24, 2.45) is 10.9 Å². The SMILES string of the molecule is C#CCON=C(C(C)=O)C(N)=O. The van der Waals surface area contributed by atoms with E-state index in [9.17, 15) is 9.59 Å². The standard InChI is InChI=1S/C7H8N2O3/c1-3-4-12-9-6(5(2)10)7(8)11/h1H,4H2,2H3,(H2,8,11). The number of amides is 1. The molecule has 0 unspecified atom stereocenters. The largest absolute Gasteiger partial charge is 0.382 e. The van der Waals surface area contributed by atoms with Crippen LogP contribution in [0.1, 0.15) is 6.92 Å². The second-order valence-corrected chi connectivity index (χ2v) is 1.84. The van der Waals surface area contributed by atoms with Gasteiger partial charge < -0.3 is 10.6 Å². The van der Waals surface area contributed by atoms with Crippen molar-refractivity contribution >= 4 is 17.4 Å². The van der Waals surface area contributed by atoms with Crippen LogP contribution in [0.25, 0.3) is 0 Å². The third-order valence-corrected chi connectivity index (χ3v) is 0.871. The fourth-order valence-corrected chi connectivity index (χ4v) is 0.417. The molecule has 0 aromatic heterocycles. The number of ketones is 1. The molecule has 0 aromatic rings. The smallest absolute Gasteiger partial charge is 0.274 e. The molecule has 0 saturated heterocycles. The van der Waals surface area contributed by atoms with Crippen LogP contribution in [-0.2, 0) is 14.4 Å². The van der Waals surface area contributed by atoms with E-state index in [-0.39, 0.29) is 6.61 Å². The zero-order chi connectivity index (χ0) is 9.56. The van der Waals surface area contributed by atoms with E-state index in [1.807, 2.05) is 0 Å². The van der Waals surface area contributed by atoms with E-state index in [0.717, 1.165) is 6.92 Å². The van der Waals surface area contributed by atoms with Crippen molar-refractivity contribution in [2.75, 3.05) is 6.61 Å². The number of nitrogens with zero attached hydrogens (tertiary/aromatic N) is 1. The lowest BCUT2D eigenvalue weighted by atomic mass is 10.3. The van der Waals surface area contributed by atoms with Crippen molar-refractivity contribution in [3.63, 3.8) is 0 Å². The van der Waals surface area contributed by atoms with E-state index < -0.39 is 17.4 Å². The van der Waals surface area contributed by atoms with E-state index in [4.69, 9.17) is 12.2 Å². The predicted molar refractivity (Wildman–Crippen MR) is 42.1 cm³/mol. The van der Waals surface area contributed by atoms with E-state index in [1.54, 1.807) is 0 Å². The van der Waals surface area contributed by atoms with Gasteiger partial charge in [0, 0.05) is 6.92 Å². The Balaban J connectivity index is 4.32. The lowest BCUT2D eigenvalue weighted by molar-refractivity contribution is -0.115. The van der Waals surface area contributed by atoms with Gasteiger partial charge in [-0.25, -0.2) is 0 Å². The molecule has 0 aliphatic carbocycles. The third-order valence-electron chi connectivity index (χ3n) is 0.871. The molecule has 0 rings (SSSR count). The monoisotopic (exact) mass is 168 g/mol. The minimum Gasteiger partial charge on any atom is -0.382 e. The first-order chi connectivity index (χ1) is 5.59. The van der Waals surface area contributed by atoms with Gasteiger partial charge in [0.05, 0.1) is 0 Å². The molecular formula is C7H8N2O3. The fraction of sp³-hybridized carbons (Fsp3) is 0.286. The van der Waals surface area contributed by atoms with Crippen LogP contribution in [0, 0.1) is 12.3 Å². The van der Waals surface area contributed by atoms with Crippen LogP contribution in [0.4, 0.5) is 0 Å². The van der Waals surface area contributed by atoms with E-state index in [1.165, 1.54) is 0 Å². The molecule has 0 atom stereocenters. The molecule has 0 spiro atoms. The average Bonchev–Trinajstić information content (AvgIpc) is 1.96. The number of carbonyl (C=O) groups excluding carboxylic acids is 2. The second-order valence-electron chi connectivity index (χ2n) is 1.84. The molecule has 1 amide bonds. The lowest BCUT2D eigenvalue weighted by Gasteiger charge is -1.95. The van der Waals surface area contributed by atoms with Crippen molar-refractivity contribution in [3.05, 3.63) is 0 Å². The summed E-state index contributed by atoms with van der Waals surface area (Å²) < 4.78 is 0. The molecule has 0 radical (unpaired) electrons. The maximum Gasteiger partial charge on any atom is 0.274 e. The number of terminal acetylenes is 1. The first kappa shape index (κ1) is 10.2. The van der Waals surface area contributed by atoms with Gasteiger partial charge in [-0.1, -0.05) is 11.1 Å². The van der Waals surface area contributed by atoms with Crippen molar-refractivity contribution in [1.82, 2.24) is 0 Å². The zero-order valence-electron chi connectivity index (χ0n) is 6.53. The summed E-state index contributed by atoms with van der Waals surface area (Å²) in [6, 6.07) is 0. The highest BCUT2D eigenvalue weighted by molar-refractivity contribution is 6.64. The predicted octanol–water partition coefficient (Wildman–Crippen LogP) is -0.933. The van der Waals surface area contributed by atoms with Gasteiger partial charge in [-0.15, -0.1) is 6.42 Å². The zero-order valence-corrected chi connectivity index (χ0v) is 6.53. The van der Waals surface area contributed by atoms with Crippen LogP contribution in [0.5, 0.6) is 0 Å². The minimum absolute atomic E-state index is 0.107. The van der Waals surface area contributed by atoms with Gasteiger partial charge in [-0.2, -0.15) is 0 Å². The normalized spacial score (nSPS) is 10.2. The summed E-state index contributed by atoms with van der Waals surface area (Å²) in [6.45, 7) is 1.05. The summed E-state index contributed by atoms with van der Waals surface area (Å²) in [4.78, 5) is 25.5. The minimum atomic E-state index is -0.931. The van der Waals surface area contributed by atoms with E-state index >= 15 is 0 Å². The quantitative estimate of drug-likeness (QED) is 0.193. The van der Waals surface area contributed by atoms with Crippen LogP contribution in [0.2, 0.25) is 0 Å². The van der Waals surface area contributed by atoms with Crippen molar-refractivity contribution in [3.8, 4) is 12.3 Å². The molecule has 0 aliphatic heterocycles. The van der Waals surface area contributed by atoms with Crippen molar-refractivity contribution < 1.29 is 14.4 Å². The van der Waals surface area contributed by atoms with Crippen molar-refractivity contribution in [1.29, 1.82) is 0 Å². The Morgan fingerprint density at radius 3 is 2.58 bits per heavy atom. The number of nitrogens with two attached hydrogens (primary N) is 1. The lowest BCUT2D eigenvalue weighted by Crippen LogP contribution is -2.29. The highest BCUT2D eigenvalue weighted by Gasteiger charge is 2.12. The summed E-state index contributed by atoms with van der Waals surface area (Å²) in [7, 11) is 0. The highest BCUT2D eigenvalue weighted by atomic mass is 16.6.